The first kappa shape index (κ1) is 13.4. The summed E-state index contributed by atoms with van der Waals surface area (Å²) in [7, 11) is 1.76. The number of hydrogen-bond acceptors (Lipinski definition) is 4. The maximum atomic E-state index is 11.8. The summed E-state index contributed by atoms with van der Waals surface area (Å²) in [6.07, 6.45) is 1.01. The summed E-state index contributed by atoms with van der Waals surface area (Å²) in [5.41, 5.74) is 0.449. The van der Waals surface area contributed by atoms with Crippen molar-refractivity contribution in [2.24, 2.45) is 5.41 Å². The third-order valence-electron chi connectivity index (χ3n) is 2.84. The van der Waals surface area contributed by atoms with Crippen LogP contribution in [0, 0.1) is 5.41 Å². The molecule has 2 N–H and O–H groups in total. The second kappa shape index (κ2) is 5.61. The Bertz CT molecular complexity index is 373. The van der Waals surface area contributed by atoms with Crippen LogP contribution in [0.25, 0.3) is 0 Å². The zero-order valence-corrected chi connectivity index (χ0v) is 10.9. The van der Waals surface area contributed by atoms with E-state index < -0.39 is 0 Å². The smallest absolute Gasteiger partial charge is 0.271 e. The number of nitrogens with zero attached hydrogens (tertiary/aromatic N) is 2. The lowest BCUT2D eigenvalue weighted by Gasteiger charge is -2.22. The van der Waals surface area contributed by atoms with Gasteiger partial charge in [0.25, 0.3) is 5.91 Å². The monoisotopic (exact) mass is 236 g/mol. The zero-order chi connectivity index (χ0) is 12.9. The first-order valence-electron chi connectivity index (χ1n) is 5.78. The number of aromatic nitrogens is 2. The number of carbonyl (C=O) groups is 1. The minimum atomic E-state index is -0.179. The molecular formula is C12H20N4O. The predicted octanol–water partition coefficient (Wildman–Crippen LogP) is 1.68. The van der Waals surface area contributed by atoms with Gasteiger partial charge in [-0.05, 0) is 24.0 Å². The molecule has 1 aromatic heterocycles. The fourth-order valence-electron chi connectivity index (χ4n) is 1.12. The average Bonchev–Trinajstić information content (AvgIpc) is 2.36. The van der Waals surface area contributed by atoms with Crippen molar-refractivity contribution in [1.82, 2.24) is 15.5 Å². The van der Waals surface area contributed by atoms with Gasteiger partial charge in [0.05, 0.1) is 0 Å². The van der Waals surface area contributed by atoms with Gasteiger partial charge in [-0.1, -0.05) is 20.8 Å². The first-order chi connectivity index (χ1) is 7.98. The summed E-state index contributed by atoms with van der Waals surface area (Å²) in [6, 6.07) is 3.39. The molecule has 0 aliphatic heterocycles. The molecule has 1 amide bonds. The Hall–Kier alpha value is -1.65. The molecule has 0 unspecified atom stereocenters. The van der Waals surface area contributed by atoms with Crippen molar-refractivity contribution in [3.63, 3.8) is 0 Å². The van der Waals surface area contributed by atoms with E-state index in [9.17, 15) is 4.79 Å². The Morgan fingerprint density at radius 2 is 2.06 bits per heavy atom. The summed E-state index contributed by atoms with van der Waals surface area (Å²) >= 11 is 0. The van der Waals surface area contributed by atoms with Crippen LogP contribution >= 0.6 is 0 Å². The van der Waals surface area contributed by atoms with Crippen molar-refractivity contribution in [1.29, 1.82) is 0 Å². The molecule has 1 heterocycles. The van der Waals surface area contributed by atoms with Crippen LogP contribution in [0.4, 0.5) is 5.82 Å². The fourth-order valence-corrected chi connectivity index (χ4v) is 1.12. The lowest BCUT2D eigenvalue weighted by atomic mass is 9.90. The molecule has 1 rings (SSSR count). The topological polar surface area (TPSA) is 66.9 Å². The van der Waals surface area contributed by atoms with Crippen molar-refractivity contribution in [3.05, 3.63) is 17.8 Å². The van der Waals surface area contributed by atoms with Crippen LogP contribution in [0.1, 0.15) is 37.7 Å². The largest absolute Gasteiger partial charge is 0.372 e. The number of nitrogens with one attached hydrogen (secondary N) is 2. The Labute approximate surface area is 102 Å². The van der Waals surface area contributed by atoms with E-state index in [0.29, 0.717) is 18.1 Å². The van der Waals surface area contributed by atoms with Crippen molar-refractivity contribution in [3.8, 4) is 0 Å². The first-order valence-corrected chi connectivity index (χ1v) is 5.78. The number of rotatable bonds is 5. The van der Waals surface area contributed by atoms with Gasteiger partial charge in [-0.25, -0.2) is 0 Å². The van der Waals surface area contributed by atoms with Gasteiger partial charge in [0.1, 0.15) is 5.82 Å². The summed E-state index contributed by atoms with van der Waals surface area (Å²) in [5, 5.41) is 13.4. The van der Waals surface area contributed by atoms with E-state index in [1.807, 2.05) is 0 Å². The Balaban J connectivity index is 2.58. The Morgan fingerprint density at radius 1 is 1.35 bits per heavy atom. The lowest BCUT2D eigenvalue weighted by molar-refractivity contribution is 0.0929. The number of carbonyl (C=O) groups excluding carboxylic acids is 1. The minimum absolute atomic E-state index is 0.105. The molecule has 0 aromatic carbocycles. The fraction of sp³-hybridized carbons (Fsp3) is 0.583. The van der Waals surface area contributed by atoms with Crippen LogP contribution in [-0.4, -0.2) is 29.7 Å². The van der Waals surface area contributed by atoms with Gasteiger partial charge in [0.15, 0.2) is 5.69 Å². The van der Waals surface area contributed by atoms with Crippen LogP contribution in [0.15, 0.2) is 12.1 Å². The lowest BCUT2D eigenvalue weighted by Crippen LogP contribution is -2.34. The van der Waals surface area contributed by atoms with E-state index in [2.05, 4.69) is 41.6 Å². The van der Waals surface area contributed by atoms with Crippen LogP contribution in [0.5, 0.6) is 0 Å². The van der Waals surface area contributed by atoms with Gasteiger partial charge in [-0.15, -0.1) is 10.2 Å². The van der Waals surface area contributed by atoms with E-state index in [1.54, 1.807) is 19.2 Å². The van der Waals surface area contributed by atoms with E-state index in [4.69, 9.17) is 0 Å². The van der Waals surface area contributed by atoms with Crippen molar-refractivity contribution in [2.75, 3.05) is 18.9 Å². The second-order valence-electron chi connectivity index (χ2n) is 4.75. The molecule has 0 bridgehead atoms. The molecule has 0 aliphatic rings. The molecule has 94 valence electrons. The molecule has 5 nitrogen and oxygen atoms in total. The SMILES string of the molecule is CCC(C)(C)CNC(=O)c1ccc(NC)nn1. The van der Waals surface area contributed by atoms with E-state index in [1.165, 1.54) is 0 Å². The average molecular weight is 236 g/mol. The van der Waals surface area contributed by atoms with Gasteiger partial charge in [-0.2, -0.15) is 0 Å². The number of anilines is 1. The van der Waals surface area contributed by atoms with Crippen LogP contribution in [0.2, 0.25) is 0 Å². The molecule has 5 heteroatoms. The minimum Gasteiger partial charge on any atom is -0.372 e. The standard InChI is InChI=1S/C12H20N4O/c1-5-12(2,3)8-14-11(17)9-6-7-10(13-4)16-15-9/h6-7H,5,8H2,1-4H3,(H,13,16)(H,14,17). The summed E-state index contributed by atoms with van der Waals surface area (Å²) in [4.78, 5) is 11.8. The molecule has 0 radical (unpaired) electrons. The second-order valence-corrected chi connectivity index (χ2v) is 4.75. The van der Waals surface area contributed by atoms with Crippen molar-refractivity contribution in [2.45, 2.75) is 27.2 Å². The third kappa shape index (κ3) is 4.01. The van der Waals surface area contributed by atoms with E-state index >= 15 is 0 Å². The van der Waals surface area contributed by atoms with Crippen LogP contribution in [0.3, 0.4) is 0 Å². The quantitative estimate of drug-likeness (QED) is 0.816. The van der Waals surface area contributed by atoms with Gasteiger partial charge in [0, 0.05) is 13.6 Å². The molecular weight excluding hydrogens is 216 g/mol. The Morgan fingerprint density at radius 3 is 2.53 bits per heavy atom. The molecule has 0 fully saturated rings. The molecule has 0 spiro atoms. The van der Waals surface area contributed by atoms with Crippen LogP contribution < -0.4 is 10.6 Å². The highest BCUT2D eigenvalue weighted by molar-refractivity contribution is 5.92. The molecule has 0 saturated carbocycles. The summed E-state index contributed by atoms with van der Waals surface area (Å²) < 4.78 is 0. The summed E-state index contributed by atoms with van der Waals surface area (Å²) in [6.45, 7) is 6.97. The molecule has 0 aliphatic carbocycles. The maximum absolute atomic E-state index is 11.8. The zero-order valence-electron chi connectivity index (χ0n) is 10.9. The van der Waals surface area contributed by atoms with E-state index in [-0.39, 0.29) is 11.3 Å². The molecule has 0 atom stereocenters. The highest BCUT2D eigenvalue weighted by Crippen LogP contribution is 2.17. The normalized spacial score (nSPS) is 11.1. The van der Waals surface area contributed by atoms with Gasteiger partial charge >= 0.3 is 0 Å². The predicted molar refractivity (Wildman–Crippen MR) is 68.0 cm³/mol. The Kier molecular flexibility index (Phi) is 4.43. The molecule has 17 heavy (non-hydrogen) atoms. The van der Waals surface area contributed by atoms with Gasteiger partial charge in [-0.3, -0.25) is 4.79 Å². The van der Waals surface area contributed by atoms with Crippen molar-refractivity contribution < 1.29 is 4.79 Å². The number of amides is 1. The highest BCUT2D eigenvalue weighted by Gasteiger charge is 2.17. The van der Waals surface area contributed by atoms with Gasteiger partial charge in [0.2, 0.25) is 0 Å². The molecule has 1 aromatic rings. The molecule has 0 saturated heterocycles. The maximum Gasteiger partial charge on any atom is 0.271 e. The summed E-state index contributed by atoms with van der Waals surface area (Å²) in [5.74, 6) is 0.470. The third-order valence-corrected chi connectivity index (χ3v) is 2.84. The van der Waals surface area contributed by atoms with E-state index in [0.717, 1.165) is 6.42 Å². The van der Waals surface area contributed by atoms with Gasteiger partial charge < -0.3 is 10.6 Å². The van der Waals surface area contributed by atoms with Crippen molar-refractivity contribution >= 4 is 11.7 Å². The van der Waals surface area contributed by atoms with Crippen LogP contribution in [-0.2, 0) is 0 Å². The number of hydrogen-bond donors (Lipinski definition) is 2. The highest BCUT2D eigenvalue weighted by atomic mass is 16.1.